The van der Waals surface area contributed by atoms with Crippen LogP contribution in [0.5, 0.6) is 0 Å². The van der Waals surface area contributed by atoms with E-state index in [2.05, 4.69) is 38.0 Å². The Morgan fingerprint density at radius 2 is 2.13 bits per heavy atom. The first-order valence-corrected chi connectivity index (χ1v) is 6.58. The number of hydrogen-bond acceptors (Lipinski definition) is 3. The van der Waals surface area contributed by atoms with E-state index in [-0.39, 0.29) is 0 Å². The van der Waals surface area contributed by atoms with Crippen molar-refractivity contribution in [1.82, 2.24) is 10.3 Å². The molecule has 86 valence electrons. The van der Waals surface area contributed by atoms with Crippen molar-refractivity contribution in [3.63, 3.8) is 0 Å². The highest BCUT2D eigenvalue weighted by Crippen LogP contribution is 2.20. The van der Waals surface area contributed by atoms with Crippen LogP contribution in [0.1, 0.15) is 35.8 Å². The first-order valence-electron chi connectivity index (χ1n) is 5.77. The van der Waals surface area contributed by atoms with Gasteiger partial charge in [-0.3, -0.25) is 0 Å². The average Bonchev–Trinajstić information content (AvgIpc) is 2.46. The summed E-state index contributed by atoms with van der Waals surface area (Å²) in [5, 5.41) is 4.66. The molecule has 0 amide bonds. The standard InChI is InChI=1S/C12H22N2S/c1-5-13-7-6-9(2)8-12-14-10(3)11(4)15-12/h9,13H,5-8H2,1-4H3. The number of nitrogens with zero attached hydrogens (tertiary/aromatic N) is 1. The lowest BCUT2D eigenvalue weighted by Gasteiger charge is -2.09. The van der Waals surface area contributed by atoms with E-state index in [1.165, 1.54) is 22.0 Å². The summed E-state index contributed by atoms with van der Waals surface area (Å²) in [6.07, 6.45) is 2.37. The molecule has 3 heteroatoms. The third kappa shape index (κ3) is 4.31. The third-order valence-electron chi connectivity index (χ3n) is 2.66. The molecule has 1 heterocycles. The Kier molecular flexibility index (Phi) is 5.26. The van der Waals surface area contributed by atoms with Crippen LogP contribution in [-0.2, 0) is 6.42 Å². The van der Waals surface area contributed by atoms with Gasteiger partial charge >= 0.3 is 0 Å². The van der Waals surface area contributed by atoms with Crippen LogP contribution in [0.2, 0.25) is 0 Å². The molecule has 0 saturated heterocycles. The summed E-state index contributed by atoms with van der Waals surface area (Å²) in [7, 11) is 0. The Hall–Kier alpha value is -0.410. The van der Waals surface area contributed by atoms with Crippen molar-refractivity contribution in [1.29, 1.82) is 0 Å². The fraction of sp³-hybridized carbons (Fsp3) is 0.750. The summed E-state index contributed by atoms with van der Waals surface area (Å²) in [6, 6.07) is 0. The van der Waals surface area contributed by atoms with Gasteiger partial charge in [-0.1, -0.05) is 13.8 Å². The molecule has 0 bridgehead atoms. The predicted molar refractivity (Wildman–Crippen MR) is 67.6 cm³/mol. The molecule has 0 aliphatic rings. The van der Waals surface area contributed by atoms with Gasteiger partial charge in [-0.15, -0.1) is 11.3 Å². The lowest BCUT2D eigenvalue weighted by atomic mass is 10.0. The highest BCUT2D eigenvalue weighted by molar-refractivity contribution is 7.11. The Bertz CT molecular complexity index is 274. The molecule has 0 spiro atoms. The van der Waals surface area contributed by atoms with Crippen LogP contribution in [0.15, 0.2) is 0 Å². The minimum atomic E-state index is 0.731. The first-order chi connectivity index (χ1) is 7.13. The second kappa shape index (κ2) is 6.23. The number of thiazole rings is 1. The molecule has 1 rings (SSSR count). The molecule has 0 radical (unpaired) electrons. The van der Waals surface area contributed by atoms with Gasteiger partial charge in [-0.2, -0.15) is 0 Å². The molecule has 0 aromatic carbocycles. The molecule has 1 aromatic rings. The van der Waals surface area contributed by atoms with Crippen LogP contribution in [0, 0.1) is 19.8 Å². The average molecular weight is 226 g/mol. The van der Waals surface area contributed by atoms with E-state index in [9.17, 15) is 0 Å². The van der Waals surface area contributed by atoms with Gasteiger partial charge in [0.15, 0.2) is 0 Å². The normalized spacial score (nSPS) is 13.1. The summed E-state index contributed by atoms with van der Waals surface area (Å²) in [6.45, 7) is 10.9. The fourth-order valence-corrected chi connectivity index (χ4v) is 2.65. The van der Waals surface area contributed by atoms with Gasteiger partial charge in [0.05, 0.1) is 10.7 Å². The molecular formula is C12H22N2S. The van der Waals surface area contributed by atoms with Gasteiger partial charge in [0, 0.05) is 11.3 Å². The smallest absolute Gasteiger partial charge is 0.0933 e. The van der Waals surface area contributed by atoms with Gasteiger partial charge in [-0.05, 0) is 39.3 Å². The van der Waals surface area contributed by atoms with Crippen LogP contribution >= 0.6 is 11.3 Å². The maximum absolute atomic E-state index is 4.58. The van der Waals surface area contributed by atoms with Crippen molar-refractivity contribution >= 4 is 11.3 Å². The summed E-state index contributed by atoms with van der Waals surface area (Å²) in [4.78, 5) is 5.94. The number of nitrogens with one attached hydrogen (secondary N) is 1. The largest absolute Gasteiger partial charge is 0.317 e. The third-order valence-corrected chi connectivity index (χ3v) is 3.75. The van der Waals surface area contributed by atoms with Crippen molar-refractivity contribution in [2.24, 2.45) is 5.92 Å². The molecule has 2 nitrogen and oxygen atoms in total. The van der Waals surface area contributed by atoms with Gasteiger partial charge in [0.25, 0.3) is 0 Å². The molecule has 1 aromatic heterocycles. The van der Waals surface area contributed by atoms with Gasteiger partial charge in [0.2, 0.25) is 0 Å². The summed E-state index contributed by atoms with van der Waals surface area (Å²) in [5.74, 6) is 0.731. The maximum Gasteiger partial charge on any atom is 0.0933 e. The highest BCUT2D eigenvalue weighted by Gasteiger charge is 2.08. The van der Waals surface area contributed by atoms with Crippen molar-refractivity contribution in [2.45, 2.75) is 40.5 Å². The lowest BCUT2D eigenvalue weighted by Crippen LogP contribution is -2.17. The molecule has 1 unspecified atom stereocenters. The topological polar surface area (TPSA) is 24.9 Å². The SMILES string of the molecule is CCNCCC(C)Cc1nc(C)c(C)s1. The monoisotopic (exact) mass is 226 g/mol. The minimum Gasteiger partial charge on any atom is -0.317 e. The van der Waals surface area contributed by atoms with Gasteiger partial charge < -0.3 is 5.32 Å². The van der Waals surface area contributed by atoms with Crippen LogP contribution in [-0.4, -0.2) is 18.1 Å². The van der Waals surface area contributed by atoms with E-state index in [1.54, 1.807) is 0 Å². The molecule has 0 aliphatic heterocycles. The molecule has 15 heavy (non-hydrogen) atoms. The van der Waals surface area contributed by atoms with Crippen LogP contribution in [0.3, 0.4) is 0 Å². The number of hydrogen-bond donors (Lipinski definition) is 1. The fourth-order valence-electron chi connectivity index (χ4n) is 1.55. The van der Waals surface area contributed by atoms with Crippen molar-refractivity contribution in [3.05, 3.63) is 15.6 Å². The van der Waals surface area contributed by atoms with Crippen LogP contribution in [0.4, 0.5) is 0 Å². The quantitative estimate of drug-likeness (QED) is 0.754. The van der Waals surface area contributed by atoms with Crippen molar-refractivity contribution < 1.29 is 0 Å². The van der Waals surface area contributed by atoms with E-state index in [4.69, 9.17) is 0 Å². The zero-order valence-electron chi connectivity index (χ0n) is 10.3. The number of aryl methyl sites for hydroxylation is 2. The Balaban J connectivity index is 2.34. The van der Waals surface area contributed by atoms with Crippen molar-refractivity contribution in [3.8, 4) is 0 Å². The summed E-state index contributed by atoms with van der Waals surface area (Å²) < 4.78 is 0. The van der Waals surface area contributed by atoms with E-state index in [1.807, 2.05) is 11.3 Å². The second-order valence-corrected chi connectivity index (χ2v) is 5.49. The highest BCUT2D eigenvalue weighted by atomic mass is 32.1. The van der Waals surface area contributed by atoms with Gasteiger partial charge in [0.1, 0.15) is 0 Å². The van der Waals surface area contributed by atoms with Crippen molar-refractivity contribution in [2.75, 3.05) is 13.1 Å². The molecular weight excluding hydrogens is 204 g/mol. The zero-order valence-corrected chi connectivity index (χ0v) is 11.1. The molecule has 0 fully saturated rings. The van der Waals surface area contributed by atoms with Crippen LogP contribution < -0.4 is 5.32 Å². The zero-order chi connectivity index (χ0) is 11.3. The van der Waals surface area contributed by atoms with E-state index in [0.29, 0.717) is 0 Å². The van der Waals surface area contributed by atoms with E-state index >= 15 is 0 Å². The minimum absolute atomic E-state index is 0.731. The van der Waals surface area contributed by atoms with E-state index in [0.717, 1.165) is 25.4 Å². The predicted octanol–water partition coefficient (Wildman–Crippen LogP) is 2.94. The molecule has 0 aliphatic carbocycles. The summed E-state index contributed by atoms with van der Waals surface area (Å²) >= 11 is 1.85. The molecule has 0 saturated carbocycles. The summed E-state index contributed by atoms with van der Waals surface area (Å²) in [5.41, 5.74) is 1.20. The Morgan fingerprint density at radius 3 is 2.67 bits per heavy atom. The Morgan fingerprint density at radius 1 is 1.40 bits per heavy atom. The first kappa shape index (κ1) is 12.7. The maximum atomic E-state index is 4.58. The molecule has 1 atom stereocenters. The van der Waals surface area contributed by atoms with Gasteiger partial charge in [-0.25, -0.2) is 4.98 Å². The second-order valence-electron chi connectivity index (χ2n) is 4.20. The Labute approximate surface area is 97.1 Å². The van der Waals surface area contributed by atoms with Crippen LogP contribution in [0.25, 0.3) is 0 Å². The van der Waals surface area contributed by atoms with E-state index < -0.39 is 0 Å². The molecule has 1 N–H and O–H groups in total. The lowest BCUT2D eigenvalue weighted by molar-refractivity contribution is 0.503. The number of rotatable bonds is 6. The number of aromatic nitrogens is 1.